The Morgan fingerprint density at radius 3 is 2.64 bits per heavy atom. The van der Waals surface area contributed by atoms with Crippen molar-refractivity contribution in [2.45, 2.75) is 38.3 Å². The van der Waals surface area contributed by atoms with Crippen LogP contribution in [0.25, 0.3) is 5.57 Å². The molecule has 148 valence electrons. The van der Waals surface area contributed by atoms with E-state index in [-0.39, 0.29) is 17.9 Å². The fourth-order valence-electron chi connectivity index (χ4n) is 4.72. The summed E-state index contributed by atoms with van der Waals surface area (Å²) >= 11 is 0. The predicted molar refractivity (Wildman–Crippen MR) is 105 cm³/mol. The summed E-state index contributed by atoms with van der Waals surface area (Å²) in [5.74, 6) is -0.254. The molecular weight excluding hydrogens is 354 g/mol. The number of nitrogens with zero attached hydrogens (tertiary/aromatic N) is 3. The lowest BCUT2D eigenvalue weighted by atomic mass is 9.82. The third kappa shape index (κ3) is 3.46. The van der Waals surface area contributed by atoms with E-state index in [1.54, 1.807) is 6.92 Å². The summed E-state index contributed by atoms with van der Waals surface area (Å²) < 4.78 is 5.41. The fourth-order valence-corrected chi connectivity index (χ4v) is 4.72. The lowest BCUT2D eigenvalue weighted by Crippen LogP contribution is -2.61. The average Bonchev–Trinajstić information content (AvgIpc) is 3.02. The summed E-state index contributed by atoms with van der Waals surface area (Å²) in [6, 6.07) is 9.84. The molecule has 4 rings (SSSR count). The van der Waals surface area contributed by atoms with Crippen LogP contribution in [-0.4, -0.2) is 65.8 Å². The molecule has 3 heterocycles. The van der Waals surface area contributed by atoms with Crippen LogP contribution in [0.1, 0.15) is 37.3 Å². The number of hydrogen-bond donors (Lipinski definition) is 1. The van der Waals surface area contributed by atoms with Crippen molar-refractivity contribution in [1.29, 1.82) is 5.26 Å². The molecule has 2 saturated heterocycles. The number of hydrogen-bond acceptors (Lipinski definition) is 5. The maximum Gasteiger partial charge on any atom is 0.234 e. The van der Waals surface area contributed by atoms with Crippen molar-refractivity contribution in [3.63, 3.8) is 0 Å². The van der Waals surface area contributed by atoms with Crippen LogP contribution in [-0.2, 0) is 9.53 Å². The highest BCUT2D eigenvalue weighted by atomic mass is 16.5. The van der Waals surface area contributed by atoms with Gasteiger partial charge in [-0.2, -0.15) is 5.26 Å². The summed E-state index contributed by atoms with van der Waals surface area (Å²) in [4.78, 5) is 17.0. The lowest BCUT2D eigenvalue weighted by Gasteiger charge is -2.45. The Bertz CT molecular complexity index is 803. The van der Waals surface area contributed by atoms with Crippen molar-refractivity contribution in [1.82, 2.24) is 9.80 Å². The number of nitriles is 1. The van der Waals surface area contributed by atoms with Crippen molar-refractivity contribution in [3.05, 3.63) is 41.1 Å². The summed E-state index contributed by atoms with van der Waals surface area (Å²) in [6.45, 7) is 6.23. The molecule has 0 saturated carbocycles. The molecule has 1 aromatic rings. The van der Waals surface area contributed by atoms with Crippen molar-refractivity contribution in [2.75, 3.05) is 32.8 Å². The van der Waals surface area contributed by atoms with Gasteiger partial charge in [-0.15, -0.1) is 0 Å². The molecule has 1 N–H and O–H groups in total. The first-order valence-corrected chi connectivity index (χ1v) is 10.1. The van der Waals surface area contributed by atoms with E-state index in [0.29, 0.717) is 5.56 Å². The second-order valence-corrected chi connectivity index (χ2v) is 7.92. The molecule has 3 aliphatic heterocycles. The maximum absolute atomic E-state index is 12.7. The third-order valence-electron chi connectivity index (χ3n) is 6.19. The molecule has 3 atom stereocenters. The number of aliphatic hydroxyl groups excluding tert-OH is 1. The quantitative estimate of drug-likeness (QED) is 0.763. The van der Waals surface area contributed by atoms with Gasteiger partial charge in [0.15, 0.2) is 0 Å². The van der Waals surface area contributed by atoms with Crippen LogP contribution >= 0.6 is 0 Å². The van der Waals surface area contributed by atoms with E-state index in [0.717, 1.165) is 63.4 Å². The Hall–Kier alpha value is -2.20. The van der Waals surface area contributed by atoms with E-state index in [1.165, 1.54) is 5.57 Å². The number of β-lactam (4-membered cyclic amide) rings is 1. The third-order valence-corrected chi connectivity index (χ3v) is 6.19. The molecule has 1 amide bonds. The number of carbonyl (C=O) groups is 1. The summed E-state index contributed by atoms with van der Waals surface area (Å²) in [5.41, 5.74) is 4.00. The fraction of sp³-hybridized carbons (Fsp3) is 0.545. The smallest absolute Gasteiger partial charge is 0.234 e. The Morgan fingerprint density at radius 2 is 2.00 bits per heavy atom. The molecular formula is C22H27N3O3. The van der Waals surface area contributed by atoms with Crippen molar-refractivity contribution in [2.24, 2.45) is 5.92 Å². The molecule has 3 aliphatic rings. The van der Waals surface area contributed by atoms with E-state index in [4.69, 9.17) is 10.00 Å². The Morgan fingerprint density at radius 1 is 1.29 bits per heavy atom. The van der Waals surface area contributed by atoms with Gasteiger partial charge in [-0.05, 0) is 56.0 Å². The second-order valence-electron chi connectivity index (χ2n) is 7.92. The Balaban J connectivity index is 1.53. The summed E-state index contributed by atoms with van der Waals surface area (Å²) in [7, 11) is 0. The molecule has 0 aliphatic carbocycles. The molecule has 28 heavy (non-hydrogen) atoms. The first kappa shape index (κ1) is 19.1. The van der Waals surface area contributed by atoms with Gasteiger partial charge in [0, 0.05) is 18.8 Å². The monoisotopic (exact) mass is 381 g/mol. The largest absolute Gasteiger partial charge is 0.393 e. The molecule has 0 radical (unpaired) electrons. The number of aliphatic hydroxyl groups is 1. The van der Waals surface area contributed by atoms with Crippen LogP contribution in [0.2, 0.25) is 0 Å². The van der Waals surface area contributed by atoms with Gasteiger partial charge in [0.1, 0.15) is 0 Å². The highest BCUT2D eigenvalue weighted by molar-refractivity contribution is 5.93. The average molecular weight is 381 g/mol. The second kappa shape index (κ2) is 8.04. The van der Waals surface area contributed by atoms with E-state index in [1.807, 2.05) is 29.2 Å². The van der Waals surface area contributed by atoms with Crippen LogP contribution < -0.4 is 0 Å². The van der Waals surface area contributed by atoms with Crippen molar-refractivity contribution in [3.8, 4) is 6.07 Å². The van der Waals surface area contributed by atoms with E-state index in [9.17, 15) is 9.90 Å². The summed E-state index contributed by atoms with van der Waals surface area (Å²) in [5, 5.41) is 19.1. The Labute approximate surface area is 166 Å². The zero-order valence-corrected chi connectivity index (χ0v) is 16.3. The van der Waals surface area contributed by atoms with Crippen molar-refractivity contribution < 1.29 is 14.6 Å². The van der Waals surface area contributed by atoms with Crippen LogP contribution in [0.4, 0.5) is 0 Å². The van der Waals surface area contributed by atoms with E-state index < -0.39 is 6.10 Å². The van der Waals surface area contributed by atoms with Gasteiger partial charge >= 0.3 is 0 Å². The van der Waals surface area contributed by atoms with Gasteiger partial charge in [-0.1, -0.05) is 12.1 Å². The number of morpholine rings is 1. The van der Waals surface area contributed by atoms with Gasteiger partial charge < -0.3 is 14.7 Å². The Kier molecular flexibility index (Phi) is 5.49. The normalized spacial score (nSPS) is 26.0. The number of benzene rings is 1. The van der Waals surface area contributed by atoms with Gasteiger partial charge in [0.05, 0.1) is 42.9 Å². The number of ether oxygens (including phenoxy) is 1. The minimum Gasteiger partial charge on any atom is -0.393 e. The van der Waals surface area contributed by atoms with Crippen molar-refractivity contribution >= 4 is 11.5 Å². The van der Waals surface area contributed by atoms with Crippen LogP contribution in [0, 0.1) is 17.2 Å². The molecule has 0 bridgehead atoms. The zero-order chi connectivity index (χ0) is 19.7. The lowest BCUT2D eigenvalue weighted by molar-refractivity contribution is -0.157. The molecule has 2 fully saturated rings. The van der Waals surface area contributed by atoms with Crippen LogP contribution in [0.3, 0.4) is 0 Å². The molecule has 1 aromatic carbocycles. The van der Waals surface area contributed by atoms with E-state index >= 15 is 0 Å². The van der Waals surface area contributed by atoms with E-state index in [2.05, 4.69) is 11.0 Å². The molecule has 6 nitrogen and oxygen atoms in total. The minimum absolute atomic E-state index is 0.0463. The van der Waals surface area contributed by atoms with Gasteiger partial charge in [-0.3, -0.25) is 9.69 Å². The van der Waals surface area contributed by atoms with Gasteiger partial charge in [-0.25, -0.2) is 0 Å². The topological polar surface area (TPSA) is 76.8 Å². The molecule has 0 spiro atoms. The first-order chi connectivity index (χ1) is 13.6. The number of amides is 1. The highest BCUT2D eigenvalue weighted by Gasteiger charge is 2.54. The maximum atomic E-state index is 12.7. The minimum atomic E-state index is -0.622. The standard InChI is InChI=1S/C22H27N3O3/c1-15(26)21-20-13-18(17-6-4-16(14-23)5-7-17)19(25(20)22(21)27)3-2-8-24-9-11-28-12-10-24/h4-7,15,20-21,26H,2-3,8-13H2,1H3/t15-,20-,21-/m1/s1. The number of rotatable bonds is 6. The highest BCUT2D eigenvalue weighted by Crippen LogP contribution is 2.48. The molecule has 6 heteroatoms. The van der Waals surface area contributed by atoms with Gasteiger partial charge in [0.25, 0.3) is 0 Å². The van der Waals surface area contributed by atoms with Gasteiger partial charge in [0.2, 0.25) is 5.91 Å². The first-order valence-electron chi connectivity index (χ1n) is 10.1. The summed E-state index contributed by atoms with van der Waals surface area (Å²) in [6.07, 6.45) is 2.00. The predicted octanol–water partition coefficient (Wildman–Crippen LogP) is 1.99. The SMILES string of the molecule is C[C@@H](O)[C@H]1C(=O)N2C(CCCN3CCOCC3)=C(c3ccc(C#N)cc3)C[C@H]12. The van der Waals surface area contributed by atoms with Crippen LogP contribution in [0.15, 0.2) is 30.0 Å². The number of fused-ring (bicyclic) bond motifs is 1. The molecule has 0 unspecified atom stereocenters. The van der Waals surface area contributed by atoms with Crippen LogP contribution in [0.5, 0.6) is 0 Å². The number of allylic oxidation sites excluding steroid dienone is 1. The zero-order valence-electron chi connectivity index (χ0n) is 16.3. The number of carbonyl (C=O) groups excluding carboxylic acids is 1. The molecule has 0 aromatic heterocycles.